The van der Waals surface area contributed by atoms with Gasteiger partial charge in [0.1, 0.15) is 10.8 Å². The normalized spacial score (nSPS) is 10.8. The summed E-state index contributed by atoms with van der Waals surface area (Å²) in [6, 6.07) is 11.9. The largest absolute Gasteiger partial charge is 0.383 e. The first-order valence-corrected chi connectivity index (χ1v) is 5.73. The average molecular weight is 227 g/mol. The fourth-order valence-corrected chi connectivity index (χ4v) is 2.59. The second-order valence-corrected chi connectivity index (χ2v) is 4.45. The zero-order chi connectivity index (χ0) is 11.0. The lowest BCUT2D eigenvalue weighted by molar-refractivity contribution is 1.33. The third-order valence-electron chi connectivity index (χ3n) is 2.36. The molecule has 1 aromatic carbocycles. The van der Waals surface area contributed by atoms with Gasteiger partial charge in [0.05, 0.1) is 15.8 Å². The first-order valence-electron chi connectivity index (χ1n) is 4.91. The minimum Gasteiger partial charge on any atom is -0.383 e. The summed E-state index contributed by atoms with van der Waals surface area (Å²) in [7, 11) is 0. The van der Waals surface area contributed by atoms with Crippen molar-refractivity contribution in [2.24, 2.45) is 0 Å². The van der Waals surface area contributed by atoms with E-state index in [1.165, 1.54) is 4.70 Å². The Hall–Kier alpha value is -1.94. The van der Waals surface area contributed by atoms with Crippen molar-refractivity contribution in [2.75, 3.05) is 5.73 Å². The van der Waals surface area contributed by atoms with Crippen LogP contribution in [-0.4, -0.2) is 9.97 Å². The van der Waals surface area contributed by atoms with Crippen LogP contribution in [0.5, 0.6) is 0 Å². The Bertz CT molecular complexity index is 612. The van der Waals surface area contributed by atoms with Crippen LogP contribution in [0, 0.1) is 0 Å². The van der Waals surface area contributed by atoms with Gasteiger partial charge >= 0.3 is 0 Å². The summed E-state index contributed by atoms with van der Waals surface area (Å²) in [4.78, 5) is 8.61. The van der Waals surface area contributed by atoms with Crippen LogP contribution in [0.1, 0.15) is 0 Å². The number of anilines is 1. The number of aromatic nitrogens is 2. The van der Waals surface area contributed by atoms with Crippen molar-refractivity contribution in [1.29, 1.82) is 0 Å². The topological polar surface area (TPSA) is 51.8 Å². The van der Waals surface area contributed by atoms with E-state index in [1.807, 2.05) is 30.3 Å². The minimum atomic E-state index is 0.529. The highest BCUT2D eigenvalue weighted by Gasteiger charge is 2.08. The van der Waals surface area contributed by atoms with Crippen LogP contribution in [0.15, 0.2) is 42.6 Å². The molecule has 3 rings (SSSR count). The van der Waals surface area contributed by atoms with Gasteiger partial charge in [0.15, 0.2) is 0 Å². The summed E-state index contributed by atoms with van der Waals surface area (Å²) in [6.07, 6.45) is 1.69. The summed E-state index contributed by atoms with van der Waals surface area (Å²) in [5.41, 5.74) is 7.74. The van der Waals surface area contributed by atoms with Gasteiger partial charge in [-0.05, 0) is 24.3 Å². The third kappa shape index (κ3) is 1.44. The number of hydrogen-bond donors (Lipinski definition) is 1. The zero-order valence-corrected chi connectivity index (χ0v) is 9.24. The molecule has 16 heavy (non-hydrogen) atoms. The number of pyridine rings is 1. The molecule has 0 fully saturated rings. The monoisotopic (exact) mass is 227 g/mol. The predicted molar refractivity (Wildman–Crippen MR) is 67.3 cm³/mol. The summed E-state index contributed by atoms with van der Waals surface area (Å²) in [5, 5.41) is 0.923. The molecule has 0 atom stereocenters. The van der Waals surface area contributed by atoms with Crippen molar-refractivity contribution < 1.29 is 0 Å². The van der Waals surface area contributed by atoms with Gasteiger partial charge in [-0.2, -0.15) is 0 Å². The maximum Gasteiger partial charge on any atom is 0.133 e. The molecule has 0 saturated carbocycles. The molecule has 0 unspecified atom stereocenters. The van der Waals surface area contributed by atoms with Crippen LogP contribution in [0.2, 0.25) is 0 Å². The highest BCUT2D eigenvalue weighted by Crippen LogP contribution is 2.31. The van der Waals surface area contributed by atoms with Gasteiger partial charge in [-0.15, -0.1) is 11.3 Å². The van der Waals surface area contributed by atoms with Gasteiger partial charge in [-0.25, -0.2) is 9.97 Å². The van der Waals surface area contributed by atoms with Crippen LogP contribution in [0.4, 0.5) is 5.82 Å². The first kappa shape index (κ1) is 9.30. The number of thiazole rings is 1. The lowest BCUT2D eigenvalue weighted by Gasteiger charge is -1.98. The molecule has 0 spiro atoms. The summed E-state index contributed by atoms with van der Waals surface area (Å²) < 4.78 is 1.17. The number of benzene rings is 1. The molecule has 2 heterocycles. The molecule has 3 nitrogen and oxygen atoms in total. The number of nitrogens with zero attached hydrogens (tertiary/aromatic N) is 2. The van der Waals surface area contributed by atoms with Crippen LogP contribution in [0.3, 0.4) is 0 Å². The van der Waals surface area contributed by atoms with E-state index in [4.69, 9.17) is 5.73 Å². The first-order chi connectivity index (χ1) is 7.84. The van der Waals surface area contributed by atoms with Gasteiger partial charge in [0.2, 0.25) is 0 Å². The molecule has 0 amide bonds. The van der Waals surface area contributed by atoms with Crippen molar-refractivity contribution in [3.8, 4) is 10.6 Å². The molecular weight excluding hydrogens is 218 g/mol. The van der Waals surface area contributed by atoms with E-state index in [2.05, 4.69) is 16.0 Å². The standard InChI is InChI=1S/C12H9N3S/c13-11-8(4-3-7-14-11)12-15-9-5-1-2-6-10(9)16-12/h1-7H,(H2,13,14). The van der Waals surface area contributed by atoms with E-state index in [9.17, 15) is 0 Å². The number of rotatable bonds is 1. The van der Waals surface area contributed by atoms with Gasteiger partial charge in [-0.3, -0.25) is 0 Å². The molecule has 0 bridgehead atoms. The fraction of sp³-hybridized carbons (Fsp3) is 0. The van der Waals surface area contributed by atoms with E-state index >= 15 is 0 Å². The smallest absolute Gasteiger partial charge is 0.133 e. The Balaban J connectivity index is 2.23. The number of fused-ring (bicyclic) bond motifs is 1. The second-order valence-electron chi connectivity index (χ2n) is 3.42. The Kier molecular flexibility index (Phi) is 2.08. The zero-order valence-electron chi connectivity index (χ0n) is 8.42. The minimum absolute atomic E-state index is 0.529. The molecular formula is C12H9N3S. The summed E-state index contributed by atoms with van der Waals surface area (Å²) in [5.74, 6) is 0.529. The Morgan fingerprint density at radius 1 is 1.06 bits per heavy atom. The van der Waals surface area contributed by atoms with Crippen molar-refractivity contribution in [3.05, 3.63) is 42.6 Å². The Morgan fingerprint density at radius 3 is 2.75 bits per heavy atom. The van der Waals surface area contributed by atoms with Crippen LogP contribution >= 0.6 is 11.3 Å². The molecule has 0 saturated heterocycles. The van der Waals surface area contributed by atoms with Crippen molar-refractivity contribution in [1.82, 2.24) is 9.97 Å². The third-order valence-corrected chi connectivity index (χ3v) is 3.43. The SMILES string of the molecule is Nc1ncccc1-c1nc2ccccc2s1. The number of hydrogen-bond acceptors (Lipinski definition) is 4. The molecule has 4 heteroatoms. The van der Waals surface area contributed by atoms with E-state index in [-0.39, 0.29) is 0 Å². The molecule has 0 aliphatic rings. The van der Waals surface area contributed by atoms with Crippen LogP contribution < -0.4 is 5.73 Å². The highest BCUT2D eigenvalue weighted by molar-refractivity contribution is 7.21. The lowest BCUT2D eigenvalue weighted by Crippen LogP contribution is -1.92. The molecule has 78 valence electrons. The predicted octanol–water partition coefficient (Wildman–Crippen LogP) is 2.94. The molecule has 0 aliphatic heterocycles. The average Bonchev–Trinajstić information content (AvgIpc) is 2.73. The molecule has 2 aromatic heterocycles. The van der Waals surface area contributed by atoms with Gasteiger partial charge in [0, 0.05) is 6.20 Å². The maximum atomic E-state index is 5.83. The Labute approximate surface area is 96.6 Å². The van der Waals surface area contributed by atoms with E-state index in [0.29, 0.717) is 5.82 Å². The number of para-hydroxylation sites is 1. The Morgan fingerprint density at radius 2 is 1.94 bits per heavy atom. The fourth-order valence-electron chi connectivity index (χ4n) is 1.59. The van der Waals surface area contributed by atoms with Gasteiger partial charge in [-0.1, -0.05) is 12.1 Å². The second kappa shape index (κ2) is 3.57. The maximum absolute atomic E-state index is 5.83. The van der Waals surface area contributed by atoms with Gasteiger partial charge < -0.3 is 5.73 Å². The van der Waals surface area contributed by atoms with E-state index < -0.39 is 0 Å². The summed E-state index contributed by atoms with van der Waals surface area (Å²) in [6.45, 7) is 0. The number of nitrogen functional groups attached to an aromatic ring is 1. The number of nitrogens with two attached hydrogens (primary N) is 1. The van der Waals surface area contributed by atoms with E-state index in [1.54, 1.807) is 17.5 Å². The van der Waals surface area contributed by atoms with Crippen molar-refractivity contribution >= 4 is 27.4 Å². The lowest BCUT2D eigenvalue weighted by atomic mass is 10.2. The van der Waals surface area contributed by atoms with Gasteiger partial charge in [0.25, 0.3) is 0 Å². The molecule has 3 aromatic rings. The quantitative estimate of drug-likeness (QED) is 0.695. The molecule has 2 N–H and O–H groups in total. The van der Waals surface area contributed by atoms with Crippen LogP contribution in [0.25, 0.3) is 20.8 Å². The molecule has 0 radical (unpaired) electrons. The summed E-state index contributed by atoms with van der Waals surface area (Å²) >= 11 is 1.63. The van der Waals surface area contributed by atoms with Crippen LogP contribution in [-0.2, 0) is 0 Å². The van der Waals surface area contributed by atoms with Crippen molar-refractivity contribution in [3.63, 3.8) is 0 Å². The highest BCUT2D eigenvalue weighted by atomic mass is 32.1. The van der Waals surface area contributed by atoms with Crippen molar-refractivity contribution in [2.45, 2.75) is 0 Å². The molecule has 0 aliphatic carbocycles. The van der Waals surface area contributed by atoms with E-state index in [0.717, 1.165) is 16.1 Å².